The van der Waals surface area contributed by atoms with Crippen molar-refractivity contribution in [1.82, 2.24) is 14.5 Å². The van der Waals surface area contributed by atoms with Gasteiger partial charge in [0.2, 0.25) is 0 Å². The molecule has 0 spiro atoms. The molecule has 1 fully saturated rings. The molecule has 0 unspecified atom stereocenters. The predicted molar refractivity (Wildman–Crippen MR) is 143 cm³/mol. The highest BCUT2D eigenvalue weighted by atomic mass is 16.5. The number of imidazole rings is 1. The van der Waals surface area contributed by atoms with Crippen molar-refractivity contribution in [2.24, 2.45) is 0 Å². The number of aryl methyl sites for hydroxylation is 1. The van der Waals surface area contributed by atoms with Gasteiger partial charge in [0.1, 0.15) is 23.4 Å². The Morgan fingerprint density at radius 1 is 1.16 bits per heavy atom. The van der Waals surface area contributed by atoms with Gasteiger partial charge in [-0.15, -0.1) is 0 Å². The van der Waals surface area contributed by atoms with Crippen molar-refractivity contribution in [3.63, 3.8) is 0 Å². The van der Waals surface area contributed by atoms with E-state index in [4.69, 9.17) is 9.47 Å². The average molecular weight is 516 g/mol. The summed E-state index contributed by atoms with van der Waals surface area (Å²) < 4.78 is 13.6. The summed E-state index contributed by atoms with van der Waals surface area (Å²) in [6.45, 7) is 5.67. The molecule has 3 aromatic rings. The Labute approximate surface area is 222 Å². The standard InChI is InChI=1S/C30H33N3O5/c1-3-4-15-37-24-8-5-7-21(18-24)27-26(28(34)22-9-10-25-23(17-22)16-20(2)38-25)29(35)30(36)33(27)13-6-12-32-14-11-31-19-32/h5,7-11,14,17-20,27,34H,3-4,6,12-13,15-16H2,1-2H3/b28-26+/t20-,27+/m0/s1. The van der Waals surface area contributed by atoms with Crippen LogP contribution in [0.5, 0.6) is 11.5 Å². The highest BCUT2D eigenvalue weighted by molar-refractivity contribution is 6.46. The number of likely N-dealkylation sites (tertiary alicyclic amines) is 1. The molecule has 1 saturated heterocycles. The van der Waals surface area contributed by atoms with Gasteiger partial charge in [-0.3, -0.25) is 9.59 Å². The van der Waals surface area contributed by atoms with E-state index in [9.17, 15) is 14.7 Å². The van der Waals surface area contributed by atoms with E-state index in [1.807, 2.05) is 54.1 Å². The van der Waals surface area contributed by atoms with Crippen molar-refractivity contribution < 1.29 is 24.2 Å². The molecule has 0 saturated carbocycles. The third-order valence-corrected chi connectivity index (χ3v) is 7.02. The number of aliphatic hydroxyl groups is 1. The summed E-state index contributed by atoms with van der Waals surface area (Å²) in [5.41, 5.74) is 2.29. The van der Waals surface area contributed by atoms with Gasteiger partial charge in [0.05, 0.1) is 24.5 Å². The zero-order chi connectivity index (χ0) is 26.6. The van der Waals surface area contributed by atoms with Crippen LogP contribution in [0.15, 0.2) is 66.8 Å². The highest BCUT2D eigenvalue weighted by Crippen LogP contribution is 2.41. The summed E-state index contributed by atoms with van der Waals surface area (Å²) in [5, 5.41) is 11.5. The second-order valence-electron chi connectivity index (χ2n) is 9.88. The van der Waals surface area contributed by atoms with Crippen molar-refractivity contribution in [2.45, 2.75) is 58.2 Å². The van der Waals surface area contributed by atoms with Crippen LogP contribution in [0.2, 0.25) is 0 Å². The van der Waals surface area contributed by atoms with Crippen LogP contribution < -0.4 is 9.47 Å². The molecule has 2 aliphatic heterocycles. The van der Waals surface area contributed by atoms with Crippen LogP contribution >= 0.6 is 0 Å². The number of aliphatic hydroxyl groups excluding tert-OH is 1. The first kappa shape index (κ1) is 25.6. The minimum atomic E-state index is -0.726. The molecule has 1 amide bonds. The molecular weight excluding hydrogens is 482 g/mol. The second kappa shape index (κ2) is 11.1. The van der Waals surface area contributed by atoms with Crippen LogP contribution in [-0.2, 0) is 22.6 Å². The SMILES string of the molecule is CCCCOc1cccc([C@@H]2/C(=C(\O)c3ccc4c(c3)C[C@H](C)O4)C(=O)C(=O)N2CCCn2ccnc2)c1. The van der Waals surface area contributed by atoms with Crippen LogP contribution in [0.3, 0.4) is 0 Å². The summed E-state index contributed by atoms with van der Waals surface area (Å²) in [6.07, 6.45) is 8.64. The van der Waals surface area contributed by atoms with E-state index < -0.39 is 17.7 Å². The Morgan fingerprint density at radius 2 is 2.03 bits per heavy atom. The largest absolute Gasteiger partial charge is 0.507 e. The van der Waals surface area contributed by atoms with Crippen molar-refractivity contribution in [3.8, 4) is 11.5 Å². The zero-order valence-corrected chi connectivity index (χ0v) is 21.8. The van der Waals surface area contributed by atoms with Gasteiger partial charge in [-0.25, -0.2) is 4.98 Å². The number of Topliss-reactive ketones (excluding diaryl/α,β-unsaturated/α-hetero) is 1. The third-order valence-electron chi connectivity index (χ3n) is 7.02. The fraction of sp³-hybridized carbons (Fsp3) is 0.367. The van der Waals surface area contributed by atoms with Crippen LogP contribution in [0, 0.1) is 0 Å². The predicted octanol–water partition coefficient (Wildman–Crippen LogP) is 4.90. The lowest BCUT2D eigenvalue weighted by Crippen LogP contribution is -2.31. The van der Waals surface area contributed by atoms with E-state index in [1.54, 1.807) is 23.5 Å². The molecule has 5 rings (SSSR count). The van der Waals surface area contributed by atoms with Gasteiger partial charge in [0.25, 0.3) is 11.7 Å². The molecular formula is C30H33N3O5. The number of unbranched alkanes of at least 4 members (excludes halogenated alkanes) is 1. The Hall–Kier alpha value is -4.07. The maximum absolute atomic E-state index is 13.4. The first-order valence-corrected chi connectivity index (χ1v) is 13.2. The van der Waals surface area contributed by atoms with Gasteiger partial charge in [-0.2, -0.15) is 0 Å². The van der Waals surface area contributed by atoms with E-state index >= 15 is 0 Å². The Kier molecular flexibility index (Phi) is 7.49. The van der Waals surface area contributed by atoms with E-state index in [0.29, 0.717) is 37.4 Å². The summed E-state index contributed by atoms with van der Waals surface area (Å²) >= 11 is 0. The van der Waals surface area contributed by atoms with Crippen LogP contribution in [0.25, 0.3) is 5.76 Å². The van der Waals surface area contributed by atoms with E-state index in [0.717, 1.165) is 36.1 Å². The zero-order valence-electron chi connectivity index (χ0n) is 21.8. The van der Waals surface area contributed by atoms with Crippen molar-refractivity contribution >= 4 is 17.4 Å². The number of rotatable bonds is 10. The molecule has 198 valence electrons. The molecule has 0 radical (unpaired) electrons. The lowest BCUT2D eigenvalue weighted by molar-refractivity contribution is -0.139. The van der Waals surface area contributed by atoms with Gasteiger partial charge < -0.3 is 24.0 Å². The molecule has 8 nitrogen and oxygen atoms in total. The molecule has 8 heteroatoms. The molecule has 0 bridgehead atoms. The summed E-state index contributed by atoms with van der Waals surface area (Å²) in [6, 6.07) is 12.1. The van der Waals surface area contributed by atoms with Crippen LogP contribution in [0.4, 0.5) is 0 Å². The molecule has 2 aromatic carbocycles. The molecule has 1 N–H and O–H groups in total. The second-order valence-corrected chi connectivity index (χ2v) is 9.88. The van der Waals surface area contributed by atoms with Crippen molar-refractivity contribution in [1.29, 1.82) is 0 Å². The number of nitrogens with zero attached hydrogens (tertiary/aromatic N) is 3. The fourth-order valence-corrected chi connectivity index (χ4v) is 5.13. The van der Waals surface area contributed by atoms with E-state index in [2.05, 4.69) is 11.9 Å². The monoisotopic (exact) mass is 515 g/mol. The first-order chi connectivity index (χ1) is 18.5. The van der Waals surface area contributed by atoms with Gasteiger partial charge >= 0.3 is 0 Å². The van der Waals surface area contributed by atoms with Crippen molar-refractivity contribution in [3.05, 3.63) is 83.4 Å². The lowest BCUT2D eigenvalue weighted by Gasteiger charge is -2.26. The molecule has 1 aromatic heterocycles. The molecule has 38 heavy (non-hydrogen) atoms. The molecule has 0 aliphatic carbocycles. The number of fused-ring (bicyclic) bond motifs is 1. The smallest absolute Gasteiger partial charge is 0.295 e. The lowest BCUT2D eigenvalue weighted by atomic mass is 9.94. The van der Waals surface area contributed by atoms with Crippen LogP contribution in [0.1, 0.15) is 55.8 Å². The van der Waals surface area contributed by atoms with Crippen molar-refractivity contribution in [2.75, 3.05) is 13.2 Å². The third kappa shape index (κ3) is 5.16. The molecule has 2 aliphatic rings. The Morgan fingerprint density at radius 3 is 2.82 bits per heavy atom. The number of ketones is 1. The number of hydrogen-bond donors (Lipinski definition) is 1. The summed E-state index contributed by atoms with van der Waals surface area (Å²) in [7, 11) is 0. The number of ether oxygens (including phenoxy) is 2. The quantitative estimate of drug-likeness (QED) is 0.179. The first-order valence-electron chi connectivity index (χ1n) is 13.2. The summed E-state index contributed by atoms with van der Waals surface area (Å²) in [5.74, 6) is -0.0219. The fourth-order valence-electron chi connectivity index (χ4n) is 5.13. The Bertz CT molecular complexity index is 1350. The number of carbonyl (C=O) groups is 2. The number of benzene rings is 2. The normalized spacial score (nSPS) is 20.0. The van der Waals surface area contributed by atoms with Crippen LogP contribution in [-0.4, -0.2) is 50.5 Å². The van der Waals surface area contributed by atoms with Gasteiger partial charge in [-0.1, -0.05) is 25.5 Å². The number of aromatic nitrogens is 2. The number of carbonyl (C=O) groups excluding carboxylic acids is 2. The summed E-state index contributed by atoms with van der Waals surface area (Å²) in [4.78, 5) is 32.4. The van der Waals surface area contributed by atoms with E-state index in [-0.39, 0.29) is 17.4 Å². The highest BCUT2D eigenvalue weighted by Gasteiger charge is 2.46. The van der Waals surface area contributed by atoms with Gasteiger partial charge in [0, 0.05) is 37.5 Å². The molecule has 3 heterocycles. The topological polar surface area (TPSA) is 93.9 Å². The Balaban J connectivity index is 1.51. The number of amides is 1. The molecule has 2 atom stereocenters. The minimum absolute atomic E-state index is 0.0546. The maximum Gasteiger partial charge on any atom is 0.295 e. The minimum Gasteiger partial charge on any atom is -0.507 e. The van der Waals surface area contributed by atoms with Gasteiger partial charge in [-0.05, 0) is 61.2 Å². The average Bonchev–Trinajstić information content (AvgIpc) is 3.62. The number of hydrogen-bond acceptors (Lipinski definition) is 6. The maximum atomic E-state index is 13.4. The van der Waals surface area contributed by atoms with Gasteiger partial charge in [0.15, 0.2) is 0 Å². The van der Waals surface area contributed by atoms with E-state index in [1.165, 1.54) is 0 Å².